The van der Waals surface area contributed by atoms with E-state index in [0.717, 1.165) is 16.3 Å². The standard InChI is InChI=1S/C19H23ClN7O2/c1-11-12(2)27-15-16(24(3)19(29)25(4)17(15)28)22-18(27)26(23-11)10-9-21-14-8-6-5-7-13(14)20/h5-8,12,15,21H,9-10H2,1-4H3/q+1. The first-order valence-corrected chi connectivity index (χ1v) is 9.79. The molecule has 1 N–H and O–H groups in total. The van der Waals surface area contributed by atoms with E-state index in [9.17, 15) is 9.59 Å². The van der Waals surface area contributed by atoms with E-state index in [1.807, 2.05) is 42.7 Å². The van der Waals surface area contributed by atoms with Crippen molar-refractivity contribution in [3.63, 3.8) is 0 Å². The number of amidine groups is 1. The number of para-hydroxylation sites is 1. The van der Waals surface area contributed by atoms with Gasteiger partial charge >= 0.3 is 12.0 Å². The van der Waals surface area contributed by atoms with Crippen LogP contribution < -0.4 is 5.32 Å². The van der Waals surface area contributed by atoms with E-state index in [0.29, 0.717) is 29.9 Å². The first kappa shape index (κ1) is 19.4. The molecule has 0 aromatic heterocycles. The number of benzene rings is 1. The lowest BCUT2D eigenvalue weighted by Crippen LogP contribution is -2.63. The number of anilines is 1. The molecule has 3 amide bonds. The number of nitrogens with one attached hydrogen (secondary N) is 1. The van der Waals surface area contributed by atoms with Crippen LogP contribution in [0.5, 0.6) is 0 Å². The summed E-state index contributed by atoms with van der Waals surface area (Å²) in [4.78, 5) is 32.4. The smallest absolute Gasteiger partial charge is 0.381 e. The monoisotopic (exact) mass is 416 g/mol. The van der Waals surface area contributed by atoms with Crippen molar-refractivity contribution in [3.8, 4) is 0 Å². The van der Waals surface area contributed by atoms with Gasteiger partial charge in [0.2, 0.25) is 11.9 Å². The van der Waals surface area contributed by atoms with Crippen LogP contribution in [0.4, 0.5) is 10.5 Å². The highest BCUT2D eigenvalue weighted by Gasteiger charge is 2.55. The summed E-state index contributed by atoms with van der Waals surface area (Å²) >= 11 is 6.20. The molecule has 0 radical (unpaired) electrons. The van der Waals surface area contributed by atoms with Crippen molar-refractivity contribution in [2.24, 2.45) is 10.1 Å². The van der Waals surface area contributed by atoms with Gasteiger partial charge in [0.25, 0.3) is 5.91 Å². The minimum Gasteiger partial charge on any atom is -0.381 e. The number of hydrogen-bond acceptors (Lipinski definition) is 6. The van der Waals surface area contributed by atoms with Crippen LogP contribution in [0.2, 0.25) is 5.02 Å². The van der Waals surface area contributed by atoms with E-state index in [1.54, 1.807) is 12.1 Å². The van der Waals surface area contributed by atoms with Gasteiger partial charge in [-0.3, -0.25) is 14.6 Å². The Hall–Kier alpha value is -2.94. The highest BCUT2D eigenvalue weighted by Crippen LogP contribution is 2.25. The summed E-state index contributed by atoms with van der Waals surface area (Å²) in [7, 11) is 3.13. The van der Waals surface area contributed by atoms with Crippen molar-refractivity contribution < 1.29 is 14.2 Å². The number of carbonyl (C=O) groups excluding carboxylic acids is 2. The number of nitrogens with zero attached hydrogens (tertiary/aromatic N) is 6. The molecule has 3 heterocycles. The molecular weight excluding hydrogens is 394 g/mol. The normalized spacial score (nSPS) is 23.8. The fourth-order valence-corrected chi connectivity index (χ4v) is 3.91. The topological polar surface area (TPSA) is 83.6 Å². The Balaban J connectivity index is 1.60. The van der Waals surface area contributed by atoms with Gasteiger partial charge in [-0.2, -0.15) is 0 Å². The van der Waals surface area contributed by atoms with Crippen molar-refractivity contribution in [2.45, 2.75) is 25.9 Å². The number of fused-ring (bicyclic) bond motifs is 2. The Kier molecular flexibility index (Phi) is 4.77. The van der Waals surface area contributed by atoms with Crippen molar-refractivity contribution >= 4 is 46.7 Å². The third-order valence-electron chi connectivity index (χ3n) is 5.49. The van der Waals surface area contributed by atoms with Crippen LogP contribution in [0.3, 0.4) is 0 Å². The van der Waals surface area contributed by atoms with Gasteiger partial charge in [0, 0.05) is 20.6 Å². The van der Waals surface area contributed by atoms with Crippen LogP contribution in [-0.2, 0) is 4.79 Å². The van der Waals surface area contributed by atoms with Gasteiger partial charge in [0.1, 0.15) is 12.6 Å². The zero-order chi connectivity index (χ0) is 20.9. The summed E-state index contributed by atoms with van der Waals surface area (Å²) in [5.41, 5.74) is 1.72. The molecule has 3 aliphatic rings. The van der Waals surface area contributed by atoms with E-state index in [4.69, 9.17) is 11.6 Å². The van der Waals surface area contributed by atoms with Crippen LogP contribution in [0.25, 0.3) is 0 Å². The lowest BCUT2D eigenvalue weighted by atomic mass is 10.1. The molecule has 0 spiro atoms. The molecule has 0 saturated carbocycles. The van der Waals surface area contributed by atoms with Crippen molar-refractivity contribution in [2.75, 3.05) is 32.5 Å². The van der Waals surface area contributed by atoms with Crippen LogP contribution in [0.15, 0.2) is 34.4 Å². The molecule has 1 saturated heterocycles. The molecule has 0 bridgehead atoms. The Morgan fingerprint density at radius 2 is 1.93 bits per heavy atom. The quantitative estimate of drug-likeness (QED) is 0.754. The van der Waals surface area contributed by atoms with E-state index in [1.165, 1.54) is 11.9 Å². The lowest BCUT2D eigenvalue weighted by molar-refractivity contribution is -0.559. The summed E-state index contributed by atoms with van der Waals surface area (Å²) in [5.74, 6) is 0.735. The van der Waals surface area contributed by atoms with Crippen LogP contribution in [0.1, 0.15) is 13.8 Å². The fraction of sp³-hybridized carbons (Fsp3) is 0.421. The summed E-state index contributed by atoms with van der Waals surface area (Å²) in [5, 5.41) is 10.4. The molecule has 2 atom stereocenters. The second-order valence-electron chi connectivity index (χ2n) is 7.27. The molecule has 3 aliphatic heterocycles. The minimum absolute atomic E-state index is 0.108. The zero-order valence-corrected chi connectivity index (χ0v) is 17.5. The number of carbonyl (C=O) groups is 2. The Morgan fingerprint density at radius 3 is 2.66 bits per heavy atom. The number of hydrogen-bond donors (Lipinski definition) is 1. The van der Waals surface area contributed by atoms with Gasteiger partial charge < -0.3 is 5.32 Å². The second-order valence-corrected chi connectivity index (χ2v) is 7.67. The Labute approximate surface area is 173 Å². The first-order valence-electron chi connectivity index (χ1n) is 9.41. The van der Waals surface area contributed by atoms with Gasteiger partial charge in [0.05, 0.1) is 16.4 Å². The van der Waals surface area contributed by atoms with Crippen LogP contribution in [0, 0.1) is 0 Å². The second kappa shape index (κ2) is 7.14. The van der Waals surface area contributed by atoms with Gasteiger partial charge in [-0.15, -0.1) is 10.1 Å². The highest BCUT2D eigenvalue weighted by atomic mass is 35.5. The minimum atomic E-state index is -0.628. The molecule has 1 fully saturated rings. The van der Waals surface area contributed by atoms with E-state index >= 15 is 0 Å². The molecule has 1 aromatic rings. The molecular formula is C19H23ClN7O2+. The molecule has 10 heteroatoms. The molecule has 9 nitrogen and oxygen atoms in total. The summed E-state index contributed by atoms with van der Waals surface area (Å²) in [6, 6.07) is 6.41. The summed E-state index contributed by atoms with van der Waals surface area (Å²) in [6.07, 6.45) is 0. The maximum absolute atomic E-state index is 12.9. The molecule has 2 unspecified atom stereocenters. The van der Waals surface area contributed by atoms with Crippen LogP contribution >= 0.6 is 11.6 Å². The third-order valence-corrected chi connectivity index (χ3v) is 5.82. The molecule has 1 aromatic carbocycles. The number of guanidine groups is 1. The zero-order valence-electron chi connectivity index (χ0n) is 16.8. The van der Waals surface area contributed by atoms with Crippen LogP contribution in [-0.4, -0.2) is 88.1 Å². The number of aliphatic imine (C=N–C) groups is 1. The number of rotatable bonds is 4. The molecule has 29 heavy (non-hydrogen) atoms. The maximum atomic E-state index is 12.9. The van der Waals surface area contributed by atoms with Crippen molar-refractivity contribution in [3.05, 3.63) is 29.3 Å². The number of halogens is 1. The lowest BCUT2D eigenvalue weighted by Gasteiger charge is -2.33. The van der Waals surface area contributed by atoms with Gasteiger partial charge in [-0.05, 0) is 26.0 Å². The predicted octanol–water partition coefficient (Wildman–Crippen LogP) is 1.50. The number of urea groups is 1. The summed E-state index contributed by atoms with van der Waals surface area (Å²) < 4.78 is 1.94. The van der Waals surface area contributed by atoms with E-state index in [2.05, 4.69) is 15.4 Å². The molecule has 4 rings (SSSR count). The molecule has 0 aliphatic carbocycles. The summed E-state index contributed by atoms with van der Waals surface area (Å²) in [6.45, 7) is 5.01. The predicted molar refractivity (Wildman–Crippen MR) is 112 cm³/mol. The SMILES string of the molecule is CC1=NN(CCNc2ccccc2Cl)C2=[N+](C1C)C1C(=O)N(C)C(=O)N(C)C1=N2. The first-order chi connectivity index (χ1) is 13.8. The van der Waals surface area contributed by atoms with Crippen molar-refractivity contribution in [1.82, 2.24) is 14.8 Å². The number of likely N-dealkylation sites (N-methyl/N-ethyl adjacent to an activating group) is 2. The largest absolute Gasteiger partial charge is 0.417 e. The van der Waals surface area contributed by atoms with E-state index < -0.39 is 6.04 Å². The highest BCUT2D eigenvalue weighted by molar-refractivity contribution is 6.33. The fourth-order valence-electron chi connectivity index (χ4n) is 3.71. The van der Waals surface area contributed by atoms with Crippen molar-refractivity contribution in [1.29, 1.82) is 0 Å². The van der Waals surface area contributed by atoms with Gasteiger partial charge in [-0.25, -0.2) is 9.37 Å². The Bertz CT molecular complexity index is 987. The van der Waals surface area contributed by atoms with Gasteiger partial charge in [-0.1, -0.05) is 28.7 Å². The number of amides is 3. The third kappa shape index (κ3) is 3.05. The number of hydrazone groups is 1. The number of imide groups is 1. The average Bonchev–Trinajstić information content (AvgIpc) is 3.11. The molecule has 152 valence electrons. The van der Waals surface area contributed by atoms with E-state index in [-0.39, 0.29) is 18.0 Å². The average molecular weight is 417 g/mol. The Morgan fingerprint density at radius 1 is 1.21 bits per heavy atom. The van der Waals surface area contributed by atoms with Gasteiger partial charge in [0.15, 0.2) is 0 Å². The maximum Gasteiger partial charge on any atom is 0.417 e.